The minimum atomic E-state index is -0.699. The average Bonchev–Trinajstić information content (AvgIpc) is 4.17. The fourth-order valence-electron chi connectivity index (χ4n) is 13.5. The molecule has 0 spiro atoms. The number of aryl methyl sites for hydroxylation is 4. The van der Waals surface area contributed by atoms with Crippen LogP contribution in [-0.2, 0) is 35.3 Å². The van der Waals surface area contributed by atoms with E-state index >= 15 is 0 Å². The molecule has 14 nitrogen and oxygen atoms in total. The first-order chi connectivity index (χ1) is 34.8. The molecule has 0 radical (unpaired) electrons. The minimum Gasteiger partial charge on any atom is -0.352 e. The number of nitrogens with zero attached hydrogens (tertiary/aromatic N) is 4. The molecule has 8 N–H and O–H groups in total. The van der Waals surface area contributed by atoms with Gasteiger partial charge in [0.1, 0.15) is 23.7 Å². The zero-order chi connectivity index (χ0) is 49.9. The van der Waals surface area contributed by atoms with Crippen molar-refractivity contribution >= 4 is 45.9 Å². The number of hydrogen-bond acceptors (Lipinski definition) is 6. The number of benzene rings is 4. The van der Waals surface area contributed by atoms with Crippen molar-refractivity contribution in [3.05, 3.63) is 107 Å². The highest BCUT2D eigenvalue weighted by Crippen LogP contribution is 2.48. The lowest BCUT2D eigenvalue weighted by molar-refractivity contribution is -0.139. The predicted octanol–water partition coefficient (Wildman–Crippen LogP) is 9.71. The van der Waals surface area contributed by atoms with Crippen LogP contribution in [0, 0.1) is 23.7 Å². The molecule has 6 aromatic rings. The highest BCUT2D eigenvalue weighted by molar-refractivity contribution is 5.89. The first-order valence-electron chi connectivity index (χ1n) is 26.8. The first-order valence-corrected chi connectivity index (χ1v) is 26.8. The fraction of sp³-hybridized carbons (Fsp3) is 0.483. The smallest absolute Gasteiger partial charge is 0.312 e. The molecule has 4 fully saturated rings. The number of aromatic amines is 2. The summed E-state index contributed by atoms with van der Waals surface area (Å²) in [6.45, 7) is 7.80. The van der Waals surface area contributed by atoms with Gasteiger partial charge in [-0.2, -0.15) is 0 Å². The molecule has 4 heterocycles. The molecule has 2 aromatic heterocycles. The maximum absolute atomic E-state index is 14.4. The molecule has 6 aliphatic carbocycles. The third-order valence-corrected chi connectivity index (χ3v) is 17.1. The van der Waals surface area contributed by atoms with Crippen molar-refractivity contribution in [3.8, 4) is 22.3 Å². The summed E-state index contributed by atoms with van der Waals surface area (Å²) in [5.74, 6) is 2.01. The van der Waals surface area contributed by atoms with Crippen molar-refractivity contribution in [2.75, 3.05) is 0 Å². The molecule has 2 aliphatic heterocycles. The first kappa shape index (κ1) is 47.6. The summed E-state index contributed by atoms with van der Waals surface area (Å²) < 4.78 is 0. The van der Waals surface area contributed by atoms with E-state index in [9.17, 15) is 19.2 Å². The Balaban J connectivity index is 0.853. The van der Waals surface area contributed by atoms with Crippen LogP contribution in [0.15, 0.2) is 72.8 Å². The van der Waals surface area contributed by atoms with Gasteiger partial charge in [0.2, 0.25) is 11.8 Å². The average molecular weight is 971 g/mol. The molecule has 2 saturated heterocycles. The Labute approximate surface area is 421 Å². The van der Waals surface area contributed by atoms with Crippen molar-refractivity contribution < 1.29 is 19.2 Å². The van der Waals surface area contributed by atoms with E-state index in [2.05, 4.69) is 93.4 Å². The largest absolute Gasteiger partial charge is 0.352 e. The van der Waals surface area contributed by atoms with E-state index in [4.69, 9.17) is 21.4 Å². The van der Waals surface area contributed by atoms with E-state index in [1.165, 1.54) is 33.4 Å². The van der Waals surface area contributed by atoms with E-state index in [-0.39, 0.29) is 47.8 Å². The molecule has 4 aromatic carbocycles. The van der Waals surface area contributed by atoms with Crippen LogP contribution in [0.2, 0.25) is 0 Å². The lowest BCUT2D eigenvalue weighted by atomic mass is 9.84. The highest BCUT2D eigenvalue weighted by atomic mass is 16.2. The van der Waals surface area contributed by atoms with Crippen LogP contribution in [0.25, 0.3) is 44.3 Å². The van der Waals surface area contributed by atoms with Crippen molar-refractivity contribution in [1.29, 1.82) is 0 Å². The van der Waals surface area contributed by atoms with Gasteiger partial charge in [-0.3, -0.25) is 9.59 Å². The summed E-state index contributed by atoms with van der Waals surface area (Å²) in [5.41, 5.74) is 24.7. The molecule has 376 valence electrons. The lowest BCUT2D eigenvalue weighted by Gasteiger charge is -2.36. The van der Waals surface area contributed by atoms with E-state index < -0.39 is 24.1 Å². The maximum atomic E-state index is 14.4. The van der Waals surface area contributed by atoms with Crippen molar-refractivity contribution in [2.45, 2.75) is 154 Å². The Hall–Kier alpha value is -6.70. The Morgan fingerprint density at radius 1 is 0.556 bits per heavy atom. The van der Waals surface area contributed by atoms with Gasteiger partial charge >= 0.3 is 12.1 Å². The number of imidazole rings is 2. The molecule has 72 heavy (non-hydrogen) atoms. The number of amides is 6. The van der Waals surface area contributed by atoms with E-state index in [1.54, 1.807) is 0 Å². The predicted molar refractivity (Wildman–Crippen MR) is 280 cm³/mol. The van der Waals surface area contributed by atoms with Crippen molar-refractivity contribution in [2.24, 2.45) is 35.1 Å². The molecule has 14 heteroatoms. The standard InChI is InChI=1S/C58H70N10O4/c1-31(2)51(65-57(59)71)55(69)67-47-11-7-5-9-39(47)29-49(67)53-61-43-23-21-37(27-45(43)63-53)41-25-33-13-17-35(41)19-15-34-14-18-36(20-16-33)42(26-34)38-22-24-44-46(28-38)64-54(62-44)50-30-40-10-6-8-12-48(40)68(50)56(70)52(32(3)4)66-58(60)72/h13-14,17-18,21-28,31-32,39-40,47-52H,5-12,15-16,19-20,29-30H2,1-4H3,(H,61,63)(H,62,64)(H3,59,65,71)(H3,60,66,72)/t39-,40-,47-,48-,49-,50-,51-,52-/m0/s1. The topological polar surface area (TPSA) is 208 Å². The third kappa shape index (κ3) is 8.99. The van der Waals surface area contributed by atoms with Crippen LogP contribution in [0.5, 0.6) is 0 Å². The summed E-state index contributed by atoms with van der Waals surface area (Å²) in [6.07, 6.45) is 13.8. The van der Waals surface area contributed by atoms with Crippen molar-refractivity contribution in [3.63, 3.8) is 0 Å². The molecule has 8 aliphatic rings. The molecule has 0 unspecified atom stereocenters. The Morgan fingerprint density at radius 3 is 1.38 bits per heavy atom. The van der Waals surface area contributed by atoms with Gasteiger partial charge in [-0.25, -0.2) is 19.6 Å². The third-order valence-electron chi connectivity index (χ3n) is 17.1. The molecule has 4 bridgehead atoms. The normalized spacial score (nSPS) is 23.8. The Kier molecular flexibility index (Phi) is 12.8. The van der Waals surface area contributed by atoms with E-state index in [1.807, 2.05) is 37.5 Å². The van der Waals surface area contributed by atoms with Gasteiger partial charge in [0, 0.05) is 12.1 Å². The van der Waals surface area contributed by atoms with E-state index in [0.717, 1.165) is 135 Å². The minimum absolute atomic E-state index is 0.0781. The highest BCUT2D eigenvalue weighted by Gasteiger charge is 2.50. The number of primary amides is 2. The summed E-state index contributed by atoms with van der Waals surface area (Å²) in [6, 6.07) is 24.0. The number of urea groups is 2. The second-order valence-corrected chi connectivity index (χ2v) is 22.4. The van der Waals surface area contributed by atoms with Gasteiger partial charge in [-0.15, -0.1) is 0 Å². The second kappa shape index (κ2) is 19.4. The van der Waals surface area contributed by atoms with Crippen LogP contribution in [0.4, 0.5) is 9.59 Å². The number of likely N-dealkylation sites (tertiary alicyclic amines) is 2. The molecular formula is C58H70N10O4. The number of nitrogens with one attached hydrogen (secondary N) is 4. The zero-order valence-corrected chi connectivity index (χ0v) is 42.2. The molecule has 14 rings (SSSR count). The van der Waals surface area contributed by atoms with Gasteiger partial charge in [0.15, 0.2) is 0 Å². The summed E-state index contributed by atoms with van der Waals surface area (Å²) in [5, 5.41) is 5.50. The second-order valence-electron chi connectivity index (χ2n) is 22.4. The maximum Gasteiger partial charge on any atom is 0.312 e. The van der Waals surface area contributed by atoms with Gasteiger partial charge in [0.25, 0.3) is 0 Å². The summed E-state index contributed by atoms with van der Waals surface area (Å²) in [7, 11) is 0. The summed E-state index contributed by atoms with van der Waals surface area (Å²) >= 11 is 0. The molecule has 8 atom stereocenters. The van der Waals surface area contributed by atoms with Crippen LogP contribution in [0.1, 0.15) is 138 Å². The van der Waals surface area contributed by atoms with Gasteiger partial charge in [-0.05, 0) is 157 Å². The lowest BCUT2D eigenvalue weighted by Crippen LogP contribution is -2.54. The van der Waals surface area contributed by atoms with Gasteiger partial charge in [-0.1, -0.05) is 102 Å². The molecule has 2 saturated carbocycles. The van der Waals surface area contributed by atoms with Crippen LogP contribution in [-0.4, -0.2) is 77.8 Å². The van der Waals surface area contributed by atoms with Gasteiger partial charge in [0.05, 0.1) is 34.2 Å². The Morgan fingerprint density at radius 2 is 0.972 bits per heavy atom. The van der Waals surface area contributed by atoms with Crippen molar-refractivity contribution in [1.82, 2.24) is 40.4 Å². The number of carbonyl (C=O) groups is 4. The van der Waals surface area contributed by atoms with Crippen LogP contribution < -0.4 is 22.1 Å². The SMILES string of the molecule is CC(C)[C@H](NC(N)=O)C(=O)N1[C@H](c2nc3ccc(-c4cc5ccc4CCc4ccc(c(-c6ccc7nc([C@@H]8C[C@@H]9CCCC[C@@H]9N8C(=O)[C@@H](NC(N)=O)C(C)C)[nH]c7c6)c4)CC5)cc3[nH]2)C[C@@H]2CCCC[C@@H]21. The number of fused-ring (bicyclic) bond motifs is 4. The summed E-state index contributed by atoms with van der Waals surface area (Å²) in [4.78, 5) is 74.6. The quantitative estimate of drug-likeness (QED) is 0.0787. The van der Waals surface area contributed by atoms with Gasteiger partial charge < -0.3 is 41.9 Å². The van der Waals surface area contributed by atoms with E-state index in [0.29, 0.717) is 11.8 Å². The molecule has 6 amide bonds. The fourth-order valence-corrected chi connectivity index (χ4v) is 13.5. The number of nitrogens with two attached hydrogens (primary N) is 2. The zero-order valence-electron chi connectivity index (χ0n) is 42.2. The van der Waals surface area contributed by atoms with Crippen LogP contribution in [0.3, 0.4) is 0 Å². The number of H-pyrrole nitrogens is 2. The molecular weight excluding hydrogens is 901 g/mol. The number of aromatic nitrogens is 4. The number of rotatable bonds is 10. The monoisotopic (exact) mass is 971 g/mol. The number of hydrogen-bond donors (Lipinski definition) is 6. The number of carbonyl (C=O) groups excluding carboxylic acids is 4. The Bertz CT molecular complexity index is 2860. The van der Waals surface area contributed by atoms with Crippen LogP contribution >= 0.6 is 0 Å².